The monoisotopic (exact) mass is 290 g/mol. The van der Waals surface area contributed by atoms with Crippen molar-refractivity contribution in [2.24, 2.45) is 5.92 Å². The fraction of sp³-hybridized carbons (Fsp3) is 0.765. The van der Waals surface area contributed by atoms with E-state index in [9.17, 15) is 0 Å². The molecule has 0 radical (unpaired) electrons. The molecule has 4 rings (SSSR count). The maximum absolute atomic E-state index is 3.98. The van der Waals surface area contributed by atoms with Crippen LogP contribution in [0.2, 0.25) is 0 Å². The number of hydrogen-bond acceptors (Lipinski definition) is 3. The van der Waals surface area contributed by atoms with E-state index in [1.807, 2.05) is 11.3 Å². The Morgan fingerprint density at radius 3 is 3.15 bits per heavy atom. The van der Waals surface area contributed by atoms with Gasteiger partial charge in [-0.05, 0) is 55.0 Å². The van der Waals surface area contributed by atoms with E-state index in [0.717, 1.165) is 18.0 Å². The third-order valence-corrected chi connectivity index (χ3v) is 6.63. The molecule has 2 aliphatic heterocycles. The lowest BCUT2D eigenvalue weighted by Gasteiger charge is -2.42. The van der Waals surface area contributed by atoms with Crippen molar-refractivity contribution in [3.8, 4) is 0 Å². The molecule has 20 heavy (non-hydrogen) atoms. The fourth-order valence-corrected chi connectivity index (χ4v) is 5.38. The Labute approximate surface area is 126 Å². The standard InChI is InChI=1S/C17H26N2S/c1-2-4-16-13(3-1)5-6-15(18-16)12-19-9-7-17-14(11-19)8-10-20-17/h8,10,13,15-16,18H,1-7,9,11-12H2. The van der Waals surface area contributed by atoms with Gasteiger partial charge in [0.05, 0.1) is 0 Å². The lowest BCUT2D eigenvalue weighted by atomic mass is 9.77. The maximum Gasteiger partial charge on any atom is 0.0245 e. The zero-order valence-electron chi connectivity index (χ0n) is 12.3. The minimum Gasteiger partial charge on any atom is -0.310 e. The van der Waals surface area contributed by atoms with Crippen LogP contribution in [-0.4, -0.2) is 30.1 Å². The predicted octanol–water partition coefficient (Wildman–Crippen LogP) is 3.42. The number of thiophene rings is 1. The van der Waals surface area contributed by atoms with Gasteiger partial charge in [0.1, 0.15) is 0 Å². The molecule has 1 aromatic heterocycles. The first kappa shape index (κ1) is 13.3. The van der Waals surface area contributed by atoms with Crippen LogP contribution in [0.4, 0.5) is 0 Å². The van der Waals surface area contributed by atoms with Gasteiger partial charge in [0.15, 0.2) is 0 Å². The number of piperidine rings is 1. The van der Waals surface area contributed by atoms with Crippen LogP contribution >= 0.6 is 11.3 Å². The Morgan fingerprint density at radius 1 is 1.20 bits per heavy atom. The van der Waals surface area contributed by atoms with Gasteiger partial charge in [0.25, 0.3) is 0 Å². The zero-order valence-corrected chi connectivity index (χ0v) is 13.1. The normalized spacial score (nSPS) is 34.5. The first-order valence-electron chi connectivity index (χ1n) is 8.42. The minimum atomic E-state index is 0.745. The molecule has 110 valence electrons. The van der Waals surface area contributed by atoms with Gasteiger partial charge in [-0.15, -0.1) is 11.3 Å². The largest absolute Gasteiger partial charge is 0.310 e. The molecule has 1 saturated carbocycles. The molecular weight excluding hydrogens is 264 g/mol. The second-order valence-corrected chi connectivity index (χ2v) is 7.95. The summed E-state index contributed by atoms with van der Waals surface area (Å²) in [6.45, 7) is 3.71. The highest BCUT2D eigenvalue weighted by molar-refractivity contribution is 7.10. The van der Waals surface area contributed by atoms with Crippen LogP contribution in [0.3, 0.4) is 0 Å². The third-order valence-electron chi connectivity index (χ3n) is 5.61. The van der Waals surface area contributed by atoms with Crippen molar-refractivity contribution in [3.05, 3.63) is 21.9 Å². The van der Waals surface area contributed by atoms with Crippen LogP contribution in [0, 0.1) is 5.92 Å². The summed E-state index contributed by atoms with van der Waals surface area (Å²) in [5.41, 5.74) is 1.59. The molecule has 3 unspecified atom stereocenters. The molecule has 3 atom stereocenters. The third kappa shape index (κ3) is 2.68. The SMILES string of the molecule is c1cc2c(s1)CCN(CC1CCC3CCCCC3N1)C2. The summed E-state index contributed by atoms with van der Waals surface area (Å²) in [5, 5.41) is 6.24. The van der Waals surface area contributed by atoms with Gasteiger partial charge in [-0.25, -0.2) is 0 Å². The van der Waals surface area contributed by atoms with E-state index < -0.39 is 0 Å². The van der Waals surface area contributed by atoms with Crippen LogP contribution in [0.5, 0.6) is 0 Å². The molecule has 0 aromatic carbocycles. The molecule has 2 fully saturated rings. The summed E-state index contributed by atoms with van der Waals surface area (Å²) < 4.78 is 0. The quantitative estimate of drug-likeness (QED) is 0.898. The maximum atomic E-state index is 3.98. The van der Waals surface area contributed by atoms with Crippen LogP contribution in [-0.2, 0) is 13.0 Å². The van der Waals surface area contributed by atoms with Gasteiger partial charge < -0.3 is 5.32 Å². The summed E-state index contributed by atoms with van der Waals surface area (Å²) in [4.78, 5) is 4.31. The lowest BCUT2D eigenvalue weighted by molar-refractivity contribution is 0.139. The van der Waals surface area contributed by atoms with Gasteiger partial charge in [-0.1, -0.05) is 12.8 Å². The Morgan fingerprint density at radius 2 is 2.15 bits per heavy atom. The molecule has 3 aliphatic rings. The second kappa shape index (κ2) is 5.78. The van der Waals surface area contributed by atoms with Crippen LogP contribution in [0.1, 0.15) is 49.0 Å². The summed E-state index contributed by atoms with van der Waals surface area (Å²) in [6.07, 6.45) is 9.96. The van der Waals surface area contributed by atoms with Gasteiger partial charge in [-0.2, -0.15) is 0 Å². The van der Waals surface area contributed by atoms with Crippen LogP contribution in [0.25, 0.3) is 0 Å². The number of rotatable bonds is 2. The summed E-state index contributed by atoms with van der Waals surface area (Å²) in [6, 6.07) is 3.91. The zero-order chi connectivity index (χ0) is 13.4. The van der Waals surface area contributed by atoms with Crippen LogP contribution < -0.4 is 5.32 Å². The molecule has 1 aromatic rings. The minimum absolute atomic E-state index is 0.745. The fourth-order valence-electron chi connectivity index (χ4n) is 4.49. The van der Waals surface area contributed by atoms with E-state index in [2.05, 4.69) is 21.7 Å². The van der Waals surface area contributed by atoms with Gasteiger partial charge >= 0.3 is 0 Å². The summed E-state index contributed by atoms with van der Waals surface area (Å²) in [5.74, 6) is 0.991. The highest BCUT2D eigenvalue weighted by atomic mass is 32.1. The van der Waals surface area contributed by atoms with E-state index in [-0.39, 0.29) is 0 Å². The number of nitrogens with zero attached hydrogens (tertiary/aromatic N) is 1. The van der Waals surface area contributed by atoms with Crippen LogP contribution in [0.15, 0.2) is 11.4 Å². The predicted molar refractivity (Wildman–Crippen MR) is 85.2 cm³/mol. The molecule has 1 saturated heterocycles. The van der Waals surface area contributed by atoms with Crippen molar-refractivity contribution >= 4 is 11.3 Å². The lowest BCUT2D eigenvalue weighted by Crippen LogP contribution is -2.53. The molecule has 1 aliphatic carbocycles. The smallest absolute Gasteiger partial charge is 0.0245 e. The number of fused-ring (bicyclic) bond motifs is 2. The van der Waals surface area contributed by atoms with Crippen molar-refractivity contribution in [3.63, 3.8) is 0 Å². The first-order valence-corrected chi connectivity index (χ1v) is 9.30. The molecule has 3 heterocycles. The number of nitrogens with one attached hydrogen (secondary N) is 1. The first-order chi connectivity index (χ1) is 9.88. The second-order valence-electron chi connectivity index (χ2n) is 6.95. The molecule has 2 nitrogen and oxygen atoms in total. The molecule has 3 heteroatoms. The Kier molecular flexibility index (Phi) is 3.84. The Balaban J connectivity index is 1.34. The Bertz CT molecular complexity index is 456. The highest BCUT2D eigenvalue weighted by Gasteiger charge is 2.32. The van der Waals surface area contributed by atoms with Gasteiger partial charge in [0.2, 0.25) is 0 Å². The van der Waals surface area contributed by atoms with Crippen molar-refractivity contribution < 1.29 is 0 Å². The van der Waals surface area contributed by atoms with Crippen molar-refractivity contribution in [1.82, 2.24) is 10.2 Å². The van der Waals surface area contributed by atoms with Crippen molar-refractivity contribution in [2.45, 2.75) is 63.6 Å². The molecular formula is C17H26N2S. The average molecular weight is 290 g/mol. The Hall–Kier alpha value is -0.380. The average Bonchev–Trinajstić information content (AvgIpc) is 2.95. The van der Waals surface area contributed by atoms with Gasteiger partial charge in [0, 0.05) is 36.6 Å². The number of hydrogen-bond donors (Lipinski definition) is 1. The van der Waals surface area contributed by atoms with Crippen molar-refractivity contribution in [1.29, 1.82) is 0 Å². The highest BCUT2D eigenvalue weighted by Crippen LogP contribution is 2.33. The topological polar surface area (TPSA) is 15.3 Å². The van der Waals surface area contributed by atoms with Gasteiger partial charge in [-0.3, -0.25) is 4.90 Å². The van der Waals surface area contributed by atoms with Crippen molar-refractivity contribution in [2.75, 3.05) is 13.1 Å². The molecule has 0 spiro atoms. The molecule has 0 bridgehead atoms. The van der Waals surface area contributed by atoms with E-state index in [4.69, 9.17) is 0 Å². The molecule has 0 amide bonds. The molecule has 1 N–H and O–H groups in total. The van der Waals surface area contributed by atoms with E-state index in [1.54, 1.807) is 10.4 Å². The van der Waals surface area contributed by atoms with E-state index in [0.29, 0.717) is 0 Å². The summed E-state index contributed by atoms with van der Waals surface area (Å²) >= 11 is 1.95. The summed E-state index contributed by atoms with van der Waals surface area (Å²) in [7, 11) is 0. The van der Waals surface area contributed by atoms with E-state index in [1.165, 1.54) is 64.6 Å². The van der Waals surface area contributed by atoms with E-state index >= 15 is 0 Å².